The van der Waals surface area contributed by atoms with Crippen molar-refractivity contribution in [2.45, 2.75) is 39.8 Å². The molecule has 5 nitrogen and oxygen atoms in total. The Balaban J connectivity index is 2.17. The molecule has 2 atom stereocenters. The first-order chi connectivity index (χ1) is 9.99. The van der Waals surface area contributed by atoms with Crippen molar-refractivity contribution >= 4 is 0 Å². The summed E-state index contributed by atoms with van der Waals surface area (Å²) in [4.78, 5) is 0. The number of nitrogens with zero attached hydrogens (tertiary/aromatic N) is 4. The Hall–Kier alpha value is -1.82. The summed E-state index contributed by atoms with van der Waals surface area (Å²) in [5, 5.41) is 15.4. The fraction of sp³-hybridized carbons (Fsp3) is 0.533. The van der Waals surface area contributed by atoms with Crippen molar-refractivity contribution in [1.82, 2.24) is 25.5 Å². The highest BCUT2D eigenvalue weighted by Gasteiger charge is 2.19. The first kappa shape index (κ1) is 15.6. The Morgan fingerprint density at radius 2 is 1.81 bits per heavy atom. The molecule has 21 heavy (non-hydrogen) atoms. The van der Waals surface area contributed by atoms with E-state index in [0.717, 1.165) is 17.9 Å². The second-order valence-electron chi connectivity index (χ2n) is 5.73. The summed E-state index contributed by atoms with van der Waals surface area (Å²) in [6.45, 7) is 9.26. The first-order valence-corrected chi connectivity index (χ1v) is 7.25. The van der Waals surface area contributed by atoms with E-state index in [2.05, 4.69) is 34.7 Å². The third-order valence-corrected chi connectivity index (χ3v) is 3.46. The second-order valence-corrected chi connectivity index (χ2v) is 5.73. The number of hydrogen-bond donors (Lipinski definition) is 1. The molecule has 0 saturated carbocycles. The molecule has 0 radical (unpaired) electrons. The lowest BCUT2D eigenvalue weighted by molar-refractivity contribution is 0.440. The molecule has 1 aromatic carbocycles. The Labute approximate surface area is 124 Å². The van der Waals surface area contributed by atoms with Gasteiger partial charge in [-0.05, 0) is 54.4 Å². The van der Waals surface area contributed by atoms with Crippen molar-refractivity contribution in [2.75, 3.05) is 6.54 Å². The zero-order valence-electron chi connectivity index (χ0n) is 12.9. The van der Waals surface area contributed by atoms with Gasteiger partial charge in [-0.25, -0.2) is 9.07 Å². The lowest BCUT2D eigenvalue weighted by Gasteiger charge is -2.18. The Bertz CT molecular complexity index is 564. The average Bonchev–Trinajstić information content (AvgIpc) is 2.94. The number of halogens is 1. The molecule has 2 aromatic rings. The van der Waals surface area contributed by atoms with Crippen LogP contribution in [0.2, 0.25) is 0 Å². The van der Waals surface area contributed by atoms with Crippen molar-refractivity contribution in [3.05, 3.63) is 41.5 Å². The predicted molar refractivity (Wildman–Crippen MR) is 79.3 cm³/mol. The van der Waals surface area contributed by atoms with Crippen LogP contribution >= 0.6 is 0 Å². The van der Waals surface area contributed by atoms with Gasteiger partial charge < -0.3 is 5.32 Å². The molecule has 2 rings (SSSR count). The molecule has 0 spiro atoms. The number of hydrogen-bond acceptors (Lipinski definition) is 4. The number of rotatable bonds is 6. The fourth-order valence-electron chi connectivity index (χ4n) is 2.15. The molecular weight excluding hydrogens is 269 g/mol. The summed E-state index contributed by atoms with van der Waals surface area (Å²) in [5.41, 5.74) is 0.973. The van der Waals surface area contributed by atoms with Crippen LogP contribution in [0.3, 0.4) is 0 Å². The second kappa shape index (κ2) is 6.76. The van der Waals surface area contributed by atoms with Gasteiger partial charge in [-0.1, -0.05) is 26.0 Å². The van der Waals surface area contributed by atoms with Gasteiger partial charge in [-0.2, -0.15) is 0 Å². The quantitative estimate of drug-likeness (QED) is 0.889. The number of benzene rings is 1. The van der Waals surface area contributed by atoms with Crippen LogP contribution in [0.1, 0.15) is 51.2 Å². The maximum Gasteiger partial charge on any atom is 0.168 e. The van der Waals surface area contributed by atoms with Crippen molar-refractivity contribution in [1.29, 1.82) is 0 Å². The number of nitrogens with one attached hydrogen (secondary N) is 1. The molecule has 0 saturated heterocycles. The minimum atomic E-state index is -0.241. The van der Waals surface area contributed by atoms with E-state index in [9.17, 15) is 4.39 Å². The van der Waals surface area contributed by atoms with Crippen LogP contribution in [-0.2, 0) is 0 Å². The Kier molecular flexibility index (Phi) is 5.01. The highest BCUT2D eigenvalue weighted by Crippen LogP contribution is 2.20. The van der Waals surface area contributed by atoms with E-state index >= 15 is 0 Å². The number of aromatic nitrogens is 4. The maximum absolute atomic E-state index is 13.0. The summed E-state index contributed by atoms with van der Waals surface area (Å²) in [6, 6.07) is 6.45. The lowest BCUT2D eigenvalue weighted by atomic mass is 10.1. The molecule has 0 amide bonds. The molecule has 0 fully saturated rings. The smallest absolute Gasteiger partial charge is 0.168 e. The highest BCUT2D eigenvalue weighted by atomic mass is 19.1. The van der Waals surface area contributed by atoms with Gasteiger partial charge in [0.05, 0.1) is 12.1 Å². The standard InChI is InChI=1S/C15H22FN5/c1-10(2)9-17-11(3)15-18-19-20-21(15)12(4)13-5-7-14(16)8-6-13/h5-8,10-12,17H,9H2,1-4H3. The average molecular weight is 291 g/mol. The van der Waals surface area contributed by atoms with Gasteiger partial charge in [-0.15, -0.1) is 5.10 Å². The molecule has 1 N–H and O–H groups in total. The zero-order chi connectivity index (χ0) is 15.4. The molecule has 114 valence electrons. The summed E-state index contributed by atoms with van der Waals surface area (Å²) >= 11 is 0. The third kappa shape index (κ3) is 3.85. The molecule has 1 aromatic heterocycles. The van der Waals surface area contributed by atoms with Crippen LogP contribution in [-0.4, -0.2) is 26.8 Å². The SMILES string of the molecule is CC(C)CNC(C)c1nnnn1C(C)c1ccc(F)cc1. The van der Waals surface area contributed by atoms with Crippen molar-refractivity contribution < 1.29 is 4.39 Å². The first-order valence-electron chi connectivity index (χ1n) is 7.25. The van der Waals surface area contributed by atoms with Gasteiger partial charge in [0.1, 0.15) is 5.82 Å². The molecule has 0 bridgehead atoms. The van der Waals surface area contributed by atoms with Crippen molar-refractivity contribution in [3.63, 3.8) is 0 Å². The monoisotopic (exact) mass is 291 g/mol. The molecular formula is C15H22FN5. The lowest BCUT2D eigenvalue weighted by Crippen LogP contribution is -2.27. The van der Waals surface area contributed by atoms with E-state index in [-0.39, 0.29) is 17.9 Å². The van der Waals surface area contributed by atoms with Crippen LogP contribution in [0.15, 0.2) is 24.3 Å². The van der Waals surface area contributed by atoms with Crippen molar-refractivity contribution in [2.24, 2.45) is 5.92 Å². The van der Waals surface area contributed by atoms with Crippen LogP contribution in [0.5, 0.6) is 0 Å². The molecule has 6 heteroatoms. The van der Waals surface area contributed by atoms with Crippen LogP contribution in [0, 0.1) is 11.7 Å². The van der Waals surface area contributed by atoms with Gasteiger partial charge in [0.2, 0.25) is 0 Å². The van der Waals surface area contributed by atoms with Crippen LogP contribution < -0.4 is 5.32 Å². The summed E-state index contributed by atoms with van der Waals surface area (Å²) in [5.74, 6) is 1.11. The predicted octanol–water partition coefficient (Wildman–Crippen LogP) is 2.73. The molecule has 2 unspecified atom stereocenters. The Morgan fingerprint density at radius 3 is 2.43 bits per heavy atom. The van der Waals surface area contributed by atoms with Gasteiger partial charge in [0, 0.05) is 0 Å². The van der Waals surface area contributed by atoms with Crippen LogP contribution in [0.4, 0.5) is 4.39 Å². The van der Waals surface area contributed by atoms with Gasteiger partial charge in [0.15, 0.2) is 5.82 Å². The molecule has 0 aliphatic carbocycles. The minimum Gasteiger partial charge on any atom is -0.307 e. The fourth-order valence-corrected chi connectivity index (χ4v) is 2.15. The highest BCUT2D eigenvalue weighted by molar-refractivity contribution is 5.20. The Morgan fingerprint density at radius 1 is 1.14 bits per heavy atom. The summed E-state index contributed by atoms with van der Waals surface area (Å²) < 4.78 is 14.8. The van der Waals surface area contributed by atoms with E-state index in [1.54, 1.807) is 16.8 Å². The molecule has 1 heterocycles. The summed E-state index contributed by atoms with van der Waals surface area (Å²) in [7, 11) is 0. The number of tetrazole rings is 1. The van der Waals surface area contributed by atoms with Gasteiger partial charge in [-0.3, -0.25) is 0 Å². The minimum absolute atomic E-state index is 0.0427. The largest absolute Gasteiger partial charge is 0.307 e. The van der Waals surface area contributed by atoms with E-state index in [1.165, 1.54) is 12.1 Å². The van der Waals surface area contributed by atoms with E-state index < -0.39 is 0 Å². The van der Waals surface area contributed by atoms with E-state index in [0.29, 0.717) is 5.92 Å². The van der Waals surface area contributed by atoms with E-state index in [1.807, 2.05) is 13.8 Å². The normalized spacial score (nSPS) is 14.4. The summed E-state index contributed by atoms with van der Waals surface area (Å²) in [6.07, 6.45) is 0. The van der Waals surface area contributed by atoms with Gasteiger partial charge in [0.25, 0.3) is 0 Å². The maximum atomic E-state index is 13.0. The van der Waals surface area contributed by atoms with Crippen molar-refractivity contribution in [3.8, 4) is 0 Å². The van der Waals surface area contributed by atoms with Crippen LogP contribution in [0.25, 0.3) is 0 Å². The topological polar surface area (TPSA) is 55.6 Å². The molecule has 0 aliphatic heterocycles. The molecule has 0 aliphatic rings. The zero-order valence-corrected chi connectivity index (χ0v) is 12.9. The third-order valence-electron chi connectivity index (χ3n) is 3.46. The van der Waals surface area contributed by atoms with E-state index in [4.69, 9.17) is 0 Å². The van der Waals surface area contributed by atoms with Gasteiger partial charge >= 0.3 is 0 Å².